The van der Waals surface area contributed by atoms with Crippen molar-refractivity contribution in [2.75, 3.05) is 0 Å². The van der Waals surface area contributed by atoms with E-state index in [1.165, 1.54) is 0 Å². The summed E-state index contributed by atoms with van der Waals surface area (Å²) in [7, 11) is 0. The Hall–Kier alpha value is -1.06. The second-order valence-electron chi connectivity index (χ2n) is 7.94. The molecule has 0 heterocycles. The molecular weight excluding hydrogens is 280 g/mol. The van der Waals surface area contributed by atoms with E-state index in [0.29, 0.717) is 18.8 Å². The molecule has 0 aliphatic rings. The quantitative estimate of drug-likeness (QED) is 0.625. The third-order valence-corrected chi connectivity index (χ3v) is 3.98. The molecule has 0 fully saturated rings. The number of carbonyl (C=O) groups is 2. The van der Waals surface area contributed by atoms with Crippen LogP contribution in [0.5, 0.6) is 0 Å². The first kappa shape index (κ1) is 20.9. The molecule has 22 heavy (non-hydrogen) atoms. The van der Waals surface area contributed by atoms with Gasteiger partial charge in [0.25, 0.3) is 0 Å². The Bertz CT molecular complexity index is 381. The Kier molecular flexibility index (Phi) is 7.60. The third kappa shape index (κ3) is 6.37. The van der Waals surface area contributed by atoms with E-state index in [1.807, 2.05) is 34.6 Å². The van der Waals surface area contributed by atoms with E-state index in [1.54, 1.807) is 13.8 Å². The highest BCUT2D eigenvalue weighted by Crippen LogP contribution is 2.29. The van der Waals surface area contributed by atoms with Gasteiger partial charge in [-0.1, -0.05) is 34.6 Å². The molecule has 0 aliphatic carbocycles. The first-order valence-electron chi connectivity index (χ1n) is 8.27. The smallest absolute Gasteiger partial charge is 0.311 e. The van der Waals surface area contributed by atoms with Crippen molar-refractivity contribution < 1.29 is 19.1 Å². The summed E-state index contributed by atoms with van der Waals surface area (Å²) in [5.74, 6) is -0.389. The lowest BCUT2D eigenvalue weighted by molar-refractivity contribution is -0.190. The molecular formula is C18H34O4. The minimum absolute atomic E-state index is 0.207. The van der Waals surface area contributed by atoms with E-state index < -0.39 is 17.1 Å². The van der Waals surface area contributed by atoms with Crippen LogP contribution in [0.25, 0.3) is 0 Å². The number of hydrogen-bond acceptors (Lipinski definition) is 4. The molecule has 130 valence electrons. The van der Waals surface area contributed by atoms with Crippen molar-refractivity contribution in [1.29, 1.82) is 0 Å². The molecule has 4 heteroatoms. The van der Waals surface area contributed by atoms with Gasteiger partial charge in [0.2, 0.25) is 0 Å². The van der Waals surface area contributed by atoms with E-state index in [2.05, 4.69) is 13.8 Å². The maximum Gasteiger partial charge on any atom is 0.311 e. The fraction of sp³-hybridized carbons (Fsp3) is 0.889. The summed E-state index contributed by atoms with van der Waals surface area (Å²) in [6, 6.07) is 0. The van der Waals surface area contributed by atoms with Gasteiger partial charge in [-0.2, -0.15) is 0 Å². The fourth-order valence-corrected chi connectivity index (χ4v) is 1.78. The van der Waals surface area contributed by atoms with E-state index in [-0.39, 0.29) is 17.9 Å². The van der Waals surface area contributed by atoms with Crippen LogP contribution in [0.2, 0.25) is 0 Å². The lowest BCUT2D eigenvalue weighted by Gasteiger charge is -2.36. The van der Waals surface area contributed by atoms with Crippen molar-refractivity contribution in [3.8, 4) is 0 Å². The van der Waals surface area contributed by atoms with Crippen molar-refractivity contribution in [1.82, 2.24) is 0 Å². The molecule has 0 aliphatic heterocycles. The van der Waals surface area contributed by atoms with Gasteiger partial charge in [0.05, 0.1) is 11.3 Å². The topological polar surface area (TPSA) is 52.6 Å². The zero-order valence-electron chi connectivity index (χ0n) is 15.8. The lowest BCUT2D eigenvalue weighted by atomic mass is 9.89. The highest BCUT2D eigenvalue weighted by atomic mass is 16.6. The zero-order chi connectivity index (χ0) is 17.7. The van der Waals surface area contributed by atoms with Gasteiger partial charge in [-0.05, 0) is 46.5 Å². The van der Waals surface area contributed by atoms with E-state index in [4.69, 9.17) is 9.47 Å². The van der Waals surface area contributed by atoms with Gasteiger partial charge in [-0.25, -0.2) is 0 Å². The van der Waals surface area contributed by atoms with E-state index >= 15 is 0 Å². The van der Waals surface area contributed by atoms with Crippen molar-refractivity contribution in [3.05, 3.63) is 0 Å². The van der Waals surface area contributed by atoms with Crippen molar-refractivity contribution in [2.24, 2.45) is 17.3 Å². The largest absolute Gasteiger partial charge is 0.458 e. The molecule has 0 aromatic carbocycles. The van der Waals surface area contributed by atoms with Gasteiger partial charge in [0, 0.05) is 0 Å². The minimum Gasteiger partial charge on any atom is -0.458 e. The Morgan fingerprint density at radius 2 is 1.50 bits per heavy atom. The van der Waals surface area contributed by atoms with Gasteiger partial charge in [-0.3, -0.25) is 9.59 Å². The van der Waals surface area contributed by atoms with Crippen LogP contribution >= 0.6 is 0 Å². The molecule has 0 saturated carbocycles. The number of esters is 2. The van der Waals surface area contributed by atoms with Gasteiger partial charge in [0.1, 0.15) is 11.7 Å². The summed E-state index contributed by atoms with van der Waals surface area (Å²) < 4.78 is 11.3. The molecule has 0 amide bonds. The minimum atomic E-state index is -0.842. The maximum atomic E-state index is 12.4. The normalized spacial score (nSPS) is 14.1. The average Bonchev–Trinajstić information content (AvgIpc) is 2.36. The van der Waals surface area contributed by atoms with E-state index in [0.717, 1.165) is 0 Å². The highest BCUT2D eigenvalue weighted by Gasteiger charge is 2.40. The molecule has 0 bridgehead atoms. The van der Waals surface area contributed by atoms with E-state index in [9.17, 15) is 9.59 Å². The molecule has 0 spiro atoms. The molecule has 0 radical (unpaired) electrons. The van der Waals surface area contributed by atoms with Crippen LogP contribution in [-0.2, 0) is 19.1 Å². The van der Waals surface area contributed by atoms with Gasteiger partial charge in [-0.15, -0.1) is 0 Å². The van der Waals surface area contributed by atoms with Gasteiger partial charge in [0.15, 0.2) is 0 Å². The Labute approximate surface area is 135 Å². The Balaban J connectivity index is 5.19. The number of ether oxygens (including phenoxy) is 2. The SMILES string of the molecule is CCC(C)(C)C(=O)OC(CC(C)C)C(C)(C)OC(=O)C(C)C. The standard InChI is InChI=1S/C18H34O4/c1-10-17(6,7)16(20)21-14(11-12(2)3)18(8,9)22-15(19)13(4)5/h12-14H,10-11H2,1-9H3. The predicted octanol–water partition coefficient (Wildman–Crippen LogP) is 4.36. The number of hydrogen-bond donors (Lipinski definition) is 0. The zero-order valence-corrected chi connectivity index (χ0v) is 15.8. The molecule has 0 aromatic heterocycles. The number of rotatable bonds is 8. The van der Waals surface area contributed by atoms with Gasteiger partial charge >= 0.3 is 11.9 Å². The van der Waals surface area contributed by atoms with Crippen molar-refractivity contribution in [2.45, 2.75) is 86.9 Å². The van der Waals surface area contributed by atoms with Crippen LogP contribution in [0, 0.1) is 17.3 Å². The third-order valence-electron chi connectivity index (χ3n) is 3.98. The summed E-state index contributed by atoms with van der Waals surface area (Å²) in [6.07, 6.45) is 0.907. The van der Waals surface area contributed by atoms with Gasteiger partial charge < -0.3 is 9.47 Å². The van der Waals surface area contributed by atoms with Crippen LogP contribution in [0.3, 0.4) is 0 Å². The first-order chi connectivity index (χ1) is 9.83. The fourth-order valence-electron chi connectivity index (χ4n) is 1.78. The molecule has 4 nitrogen and oxygen atoms in total. The summed E-state index contributed by atoms with van der Waals surface area (Å²) in [5, 5.41) is 0. The molecule has 0 saturated heterocycles. The Morgan fingerprint density at radius 1 is 1.00 bits per heavy atom. The first-order valence-corrected chi connectivity index (χ1v) is 8.27. The van der Waals surface area contributed by atoms with Crippen LogP contribution in [0.4, 0.5) is 0 Å². The molecule has 1 unspecified atom stereocenters. The van der Waals surface area contributed by atoms with Crippen molar-refractivity contribution >= 4 is 11.9 Å². The summed E-state index contributed by atoms with van der Waals surface area (Å²) >= 11 is 0. The van der Waals surface area contributed by atoms with Crippen LogP contribution in [0.15, 0.2) is 0 Å². The summed E-state index contributed by atoms with van der Waals surface area (Å²) in [6.45, 7) is 17.0. The van der Waals surface area contributed by atoms with Crippen LogP contribution in [0.1, 0.15) is 75.2 Å². The molecule has 0 aromatic rings. The second kappa shape index (κ2) is 7.98. The molecule has 0 N–H and O–H groups in total. The van der Waals surface area contributed by atoms with Crippen LogP contribution < -0.4 is 0 Å². The molecule has 0 rings (SSSR count). The average molecular weight is 314 g/mol. The maximum absolute atomic E-state index is 12.4. The predicted molar refractivity (Wildman–Crippen MR) is 88.4 cm³/mol. The number of carbonyl (C=O) groups excluding carboxylic acids is 2. The Morgan fingerprint density at radius 3 is 1.86 bits per heavy atom. The summed E-state index contributed by atoms with van der Waals surface area (Å²) in [5.41, 5.74) is -1.38. The molecule has 1 atom stereocenters. The second-order valence-corrected chi connectivity index (χ2v) is 7.94. The highest BCUT2D eigenvalue weighted by molar-refractivity contribution is 5.76. The monoisotopic (exact) mass is 314 g/mol. The van der Waals surface area contributed by atoms with Crippen molar-refractivity contribution in [3.63, 3.8) is 0 Å². The summed E-state index contributed by atoms with van der Waals surface area (Å²) in [4.78, 5) is 24.3. The lowest BCUT2D eigenvalue weighted by Crippen LogP contribution is -2.46. The van der Waals surface area contributed by atoms with Crippen LogP contribution in [-0.4, -0.2) is 23.6 Å².